The van der Waals surface area contributed by atoms with E-state index in [0.717, 1.165) is 23.6 Å². The molecule has 0 spiro atoms. The number of hydrogen-bond acceptors (Lipinski definition) is 7. The van der Waals surface area contributed by atoms with E-state index in [1.807, 2.05) is 0 Å². The Morgan fingerprint density at radius 1 is 1.30 bits per heavy atom. The second-order valence-electron chi connectivity index (χ2n) is 6.02. The predicted octanol–water partition coefficient (Wildman–Crippen LogP) is 2.38. The molecule has 3 heterocycles. The highest BCUT2D eigenvalue weighted by molar-refractivity contribution is 7.99. The van der Waals surface area contributed by atoms with Gasteiger partial charge in [-0.2, -0.15) is 15.3 Å². The van der Waals surface area contributed by atoms with Crippen LogP contribution < -0.4 is 5.73 Å². The Labute approximate surface area is 138 Å². The molecular formula is C15H19N7S. The zero-order chi connectivity index (χ0) is 15.8. The summed E-state index contributed by atoms with van der Waals surface area (Å²) in [5.41, 5.74) is 9.63. The lowest BCUT2D eigenvalue weighted by Gasteiger charge is -2.11. The summed E-state index contributed by atoms with van der Waals surface area (Å²) in [7, 11) is 0. The molecule has 1 fully saturated rings. The number of thioether (sulfide) groups is 1. The van der Waals surface area contributed by atoms with Crippen LogP contribution in [-0.4, -0.2) is 42.9 Å². The van der Waals surface area contributed by atoms with Gasteiger partial charge in [-0.15, -0.1) is 5.10 Å². The van der Waals surface area contributed by atoms with Crippen molar-refractivity contribution in [2.75, 3.05) is 11.5 Å². The molecule has 1 saturated carbocycles. The lowest BCUT2D eigenvalue weighted by Crippen LogP contribution is -2.07. The van der Waals surface area contributed by atoms with Gasteiger partial charge >= 0.3 is 0 Å². The summed E-state index contributed by atoms with van der Waals surface area (Å²) >= 11 is 1.63. The van der Waals surface area contributed by atoms with Crippen molar-refractivity contribution in [1.82, 2.24) is 25.4 Å². The largest absolute Gasteiger partial charge is 0.368 e. The van der Waals surface area contributed by atoms with Crippen molar-refractivity contribution in [2.24, 2.45) is 10.9 Å². The topological polar surface area (TPSA) is 106 Å². The number of allylic oxidation sites excluding steroid dienone is 1. The lowest BCUT2D eigenvalue weighted by molar-refractivity contribution is 0.686. The lowest BCUT2D eigenvalue weighted by atomic mass is 10.1. The number of hydrogen-bond donors (Lipinski definition) is 2. The van der Waals surface area contributed by atoms with E-state index in [0.29, 0.717) is 23.1 Å². The maximum absolute atomic E-state index is 5.76. The Bertz CT molecular complexity index is 790. The Morgan fingerprint density at radius 2 is 2.17 bits per heavy atom. The molecule has 0 bridgehead atoms. The van der Waals surface area contributed by atoms with Gasteiger partial charge in [-0.05, 0) is 30.9 Å². The monoisotopic (exact) mass is 329 g/mol. The highest BCUT2D eigenvalue weighted by Gasteiger charge is 2.31. The van der Waals surface area contributed by atoms with Crippen LogP contribution in [0.3, 0.4) is 0 Å². The molecule has 1 unspecified atom stereocenters. The van der Waals surface area contributed by atoms with Crippen LogP contribution in [0, 0.1) is 5.92 Å². The fourth-order valence-corrected chi connectivity index (χ4v) is 3.85. The molecule has 2 aromatic heterocycles. The first-order chi connectivity index (χ1) is 11.2. The third kappa shape index (κ3) is 2.95. The van der Waals surface area contributed by atoms with Gasteiger partial charge in [0, 0.05) is 17.4 Å². The van der Waals surface area contributed by atoms with Crippen LogP contribution in [0.15, 0.2) is 21.7 Å². The number of aromatic amines is 1. The molecule has 0 aromatic carbocycles. The number of nitrogens with one attached hydrogen (secondary N) is 1. The first-order valence-corrected chi connectivity index (χ1v) is 8.98. The maximum Gasteiger partial charge on any atom is 0.223 e. The minimum Gasteiger partial charge on any atom is -0.368 e. The second-order valence-corrected chi connectivity index (χ2v) is 6.99. The average molecular weight is 329 g/mol. The molecule has 8 heteroatoms. The highest BCUT2D eigenvalue weighted by Crippen LogP contribution is 2.37. The van der Waals surface area contributed by atoms with Crippen molar-refractivity contribution in [2.45, 2.75) is 43.7 Å². The Morgan fingerprint density at radius 3 is 2.96 bits per heavy atom. The molecule has 1 atom stereocenters. The molecule has 0 amide bonds. The van der Waals surface area contributed by atoms with Crippen LogP contribution in [-0.2, 0) is 0 Å². The Hall–Kier alpha value is -1.96. The van der Waals surface area contributed by atoms with Crippen molar-refractivity contribution < 1.29 is 0 Å². The highest BCUT2D eigenvalue weighted by atomic mass is 32.2. The Balaban J connectivity index is 1.53. The van der Waals surface area contributed by atoms with Crippen molar-refractivity contribution in [3.05, 3.63) is 11.6 Å². The molecule has 1 aliphatic heterocycles. The number of H-pyrrole nitrogens is 1. The van der Waals surface area contributed by atoms with Crippen LogP contribution in [0.1, 0.15) is 32.6 Å². The smallest absolute Gasteiger partial charge is 0.223 e. The number of aliphatic imine (C=N–C) groups is 1. The molecule has 23 heavy (non-hydrogen) atoms. The third-order valence-corrected chi connectivity index (χ3v) is 5.20. The van der Waals surface area contributed by atoms with Crippen LogP contribution in [0.2, 0.25) is 0 Å². The molecule has 4 rings (SSSR count). The van der Waals surface area contributed by atoms with E-state index in [2.05, 4.69) is 38.4 Å². The summed E-state index contributed by atoms with van der Waals surface area (Å²) in [6.45, 7) is 2.21. The number of anilines is 1. The summed E-state index contributed by atoms with van der Waals surface area (Å²) in [6, 6.07) is 0.329. The summed E-state index contributed by atoms with van der Waals surface area (Å²) in [5.74, 6) is 1.78. The number of fused-ring (bicyclic) bond motifs is 1. The fourth-order valence-electron chi connectivity index (χ4n) is 2.84. The molecule has 7 nitrogen and oxygen atoms in total. The summed E-state index contributed by atoms with van der Waals surface area (Å²) in [4.78, 5) is 13.3. The van der Waals surface area contributed by atoms with Crippen molar-refractivity contribution in [3.8, 4) is 0 Å². The molecule has 1 aliphatic carbocycles. The van der Waals surface area contributed by atoms with Gasteiger partial charge < -0.3 is 5.73 Å². The van der Waals surface area contributed by atoms with E-state index in [1.165, 1.54) is 24.1 Å². The van der Waals surface area contributed by atoms with Gasteiger partial charge in [0.1, 0.15) is 5.03 Å². The third-order valence-electron chi connectivity index (χ3n) is 4.17. The fraction of sp³-hybridized carbons (Fsp3) is 0.533. The van der Waals surface area contributed by atoms with Crippen molar-refractivity contribution >= 4 is 34.6 Å². The van der Waals surface area contributed by atoms with Gasteiger partial charge in [-0.25, -0.2) is 4.98 Å². The maximum atomic E-state index is 5.76. The van der Waals surface area contributed by atoms with E-state index in [1.54, 1.807) is 11.8 Å². The normalized spacial score (nSPS) is 20.8. The number of rotatable bonds is 6. The number of aromatic nitrogens is 5. The van der Waals surface area contributed by atoms with Gasteiger partial charge in [0.2, 0.25) is 11.6 Å². The van der Waals surface area contributed by atoms with Crippen LogP contribution in [0.4, 0.5) is 5.95 Å². The van der Waals surface area contributed by atoms with Crippen LogP contribution in [0.25, 0.3) is 11.2 Å². The van der Waals surface area contributed by atoms with Crippen molar-refractivity contribution in [3.63, 3.8) is 0 Å². The molecule has 2 aliphatic rings. The number of nitrogen functional groups attached to an aromatic ring is 1. The van der Waals surface area contributed by atoms with E-state index in [9.17, 15) is 0 Å². The molecule has 2 aromatic rings. The summed E-state index contributed by atoms with van der Waals surface area (Å²) < 4.78 is 0. The number of nitrogens with zero attached hydrogens (tertiary/aromatic N) is 5. The van der Waals surface area contributed by atoms with Gasteiger partial charge in [-0.3, -0.25) is 4.99 Å². The molecule has 3 N–H and O–H groups in total. The minimum absolute atomic E-state index is 0.231. The van der Waals surface area contributed by atoms with E-state index in [4.69, 9.17) is 10.7 Å². The quantitative estimate of drug-likeness (QED) is 0.622. The van der Waals surface area contributed by atoms with Crippen molar-refractivity contribution in [1.29, 1.82) is 0 Å². The number of nitrogens with two attached hydrogens (primary N) is 1. The SMILES string of the molecule is CCCC1N=C(C2CC2)C=C1CSc1nc(N)nc2n[nH]nc12. The van der Waals surface area contributed by atoms with Crippen LogP contribution in [0.5, 0.6) is 0 Å². The van der Waals surface area contributed by atoms with E-state index in [-0.39, 0.29) is 5.95 Å². The first-order valence-electron chi connectivity index (χ1n) is 7.99. The molecular weight excluding hydrogens is 310 g/mol. The standard InChI is InChI=1S/C15H19N7S/c1-2-3-10-9(6-11(17-10)8-4-5-8)7-23-14-12-13(21-22-20-12)18-15(16)19-14/h6,8,10H,2-5,7H2,1H3,(H3,16,18,19,20,21,22). The van der Waals surface area contributed by atoms with Gasteiger partial charge in [0.25, 0.3) is 0 Å². The average Bonchev–Trinajstić information content (AvgIpc) is 3.14. The minimum atomic E-state index is 0.231. The van der Waals surface area contributed by atoms with Gasteiger partial charge in [0.15, 0.2) is 5.52 Å². The summed E-state index contributed by atoms with van der Waals surface area (Å²) in [6.07, 6.45) is 7.12. The first kappa shape index (κ1) is 14.6. The molecule has 120 valence electrons. The van der Waals surface area contributed by atoms with Gasteiger partial charge in [-0.1, -0.05) is 25.1 Å². The van der Waals surface area contributed by atoms with Crippen LogP contribution >= 0.6 is 11.8 Å². The Kier molecular flexibility index (Phi) is 3.76. The summed E-state index contributed by atoms with van der Waals surface area (Å²) in [5, 5.41) is 11.5. The predicted molar refractivity (Wildman–Crippen MR) is 91.6 cm³/mol. The second kappa shape index (κ2) is 5.92. The molecule has 0 saturated heterocycles. The van der Waals surface area contributed by atoms with Gasteiger partial charge in [0.05, 0.1) is 6.04 Å². The molecule has 0 radical (unpaired) electrons. The zero-order valence-corrected chi connectivity index (χ0v) is 13.8. The van der Waals surface area contributed by atoms with E-state index < -0.39 is 0 Å². The zero-order valence-electron chi connectivity index (χ0n) is 13.0. The van der Waals surface area contributed by atoms with E-state index >= 15 is 0 Å².